The van der Waals surface area contributed by atoms with E-state index in [2.05, 4.69) is 46.9 Å². The summed E-state index contributed by atoms with van der Waals surface area (Å²) in [6.45, 7) is 4.55. The zero-order valence-electron chi connectivity index (χ0n) is 11.0. The molecule has 0 radical (unpaired) electrons. The second kappa shape index (κ2) is 5.14. The van der Waals surface area contributed by atoms with Crippen LogP contribution >= 0.6 is 0 Å². The minimum atomic E-state index is 0.356. The minimum Gasteiger partial charge on any atom is -0.329 e. The monoisotopic (exact) mass is 242 g/mol. The van der Waals surface area contributed by atoms with Crippen LogP contribution in [-0.4, -0.2) is 17.0 Å². The summed E-state index contributed by atoms with van der Waals surface area (Å²) in [5.41, 5.74) is 9.19. The van der Waals surface area contributed by atoms with Gasteiger partial charge >= 0.3 is 0 Å². The molecule has 0 unspecified atom stereocenters. The van der Waals surface area contributed by atoms with Crippen LogP contribution in [0.4, 0.5) is 11.5 Å². The highest BCUT2D eigenvalue weighted by Crippen LogP contribution is 2.25. The molecule has 94 valence electrons. The third kappa shape index (κ3) is 2.49. The number of nitrogens with two attached hydrogens (primary N) is 1. The fourth-order valence-electron chi connectivity index (χ4n) is 1.98. The maximum Gasteiger partial charge on any atom is 0.144 e. The quantitative estimate of drug-likeness (QED) is 0.897. The number of rotatable bonds is 3. The van der Waals surface area contributed by atoms with Gasteiger partial charge in [-0.15, -0.1) is 0 Å². The van der Waals surface area contributed by atoms with Gasteiger partial charge in [0.15, 0.2) is 0 Å². The van der Waals surface area contributed by atoms with Crippen LogP contribution in [0.15, 0.2) is 30.5 Å². The Morgan fingerprint density at radius 1 is 1.22 bits per heavy atom. The van der Waals surface area contributed by atoms with Crippen molar-refractivity contribution in [3.05, 3.63) is 47.4 Å². The van der Waals surface area contributed by atoms with E-state index in [4.69, 9.17) is 5.73 Å². The van der Waals surface area contributed by atoms with Crippen LogP contribution in [0.3, 0.4) is 0 Å². The molecule has 0 saturated carbocycles. The molecular formula is C14H18N4. The first-order valence-corrected chi connectivity index (χ1v) is 5.95. The largest absolute Gasteiger partial charge is 0.329 e. The first-order valence-electron chi connectivity index (χ1n) is 5.95. The van der Waals surface area contributed by atoms with E-state index >= 15 is 0 Å². The molecule has 18 heavy (non-hydrogen) atoms. The Hall–Kier alpha value is -1.94. The smallest absolute Gasteiger partial charge is 0.144 e. The van der Waals surface area contributed by atoms with Gasteiger partial charge in [-0.05, 0) is 31.5 Å². The molecule has 0 spiro atoms. The SMILES string of the molecule is Cc1ccc(N(C)c2ccnc(CN)n2)c(C)c1. The Balaban J connectivity index is 2.37. The maximum absolute atomic E-state index is 5.56. The minimum absolute atomic E-state index is 0.356. The van der Waals surface area contributed by atoms with Crippen molar-refractivity contribution in [2.75, 3.05) is 11.9 Å². The van der Waals surface area contributed by atoms with Crippen molar-refractivity contribution in [3.63, 3.8) is 0 Å². The molecule has 2 N–H and O–H groups in total. The molecule has 0 aliphatic carbocycles. The molecule has 4 nitrogen and oxygen atoms in total. The normalized spacial score (nSPS) is 10.4. The van der Waals surface area contributed by atoms with Gasteiger partial charge in [-0.2, -0.15) is 0 Å². The van der Waals surface area contributed by atoms with E-state index < -0.39 is 0 Å². The second-order valence-electron chi connectivity index (χ2n) is 4.38. The molecule has 1 aromatic heterocycles. The van der Waals surface area contributed by atoms with Crippen LogP contribution in [0.1, 0.15) is 17.0 Å². The lowest BCUT2D eigenvalue weighted by atomic mass is 10.1. The Morgan fingerprint density at radius 2 is 2.00 bits per heavy atom. The number of nitrogens with zero attached hydrogens (tertiary/aromatic N) is 3. The Kier molecular flexibility index (Phi) is 3.58. The average molecular weight is 242 g/mol. The van der Waals surface area contributed by atoms with Crippen LogP contribution in [0.5, 0.6) is 0 Å². The fourth-order valence-corrected chi connectivity index (χ4v) is 1.98. The van der Waals surface area contributed by atoms with Crippen LogP contribution in [0.25, 0.3) is 0 Å². The Bertz CT molecular complexity index is 551. The molecule has 0 aliphatic rings. The third-order valence-corrected chi connectivity index (χ3v) is 2.93. The number of hydrogen-bond donors (Lipinski definition) is 1. The van der Waals surface area contributed by atoms with Gasteiger partial charge in [-0.1, -0.05) is 17.7 Å². The summed E-state index contributed by atoms with van der Waals surface area (Å²) in [7, 11) is 2.00. The summed E-state index contributed by atoms with van der Waals surface area (Å²) in [6, 6.07) is 8.26. The first-order chi connectivity index (χ1) is 8.61. The summed E-state index contributed by atoms with van der Waals surface area (Å²) in [6.07, 6.45) is 1.74. The van der Waals surface area contributed by atoms with Crippen LogP contribution in [-0.2, 0) is 6.54 Å². The molecular weight excluding hydrogens is 224 g/mol. The number of anilines is 2. The lowest BCUT2D eigenvalue weighted by Gasteiger charge is -2.21. The molecule has 2 aromatic rings. The van der Waals surface area contributed by atoms with Crippen LogP contribution < -0.4 is 10.6 Å². The summed E-state index contributed by atoms with van der Waals surface area (Å²) < 4.78 is 0. The van der Waals surface area contributed by atoms with Crippen molar-refractivity contribution in [3.8, 4) is 0 Å². The maximum atomic E-state index is 5.56. The van der Waals surface area contributed by atoms with Crippen molar-refractivity contribution in [1.82, 2.24) is 9.97 Å². The van der Waals surface area contributed by atoms with Gasteiger partial charge in [0.2, 0.25) is 0 Å². The number of aromatic nitrogens is 2. The van der Waals surface area contributed by atoms with E-state index in [0.717, 1.165) is 11.5 Å². The summed E-state index contributed by atoms with van der Waals surface area (Å²) in [5.74, 6) is 1.52. The second-order valence-corrected chi connectivity index (χ2v) is 4.38. The first kappa shape index (κ1) is 12.5. The third-order valence-electron chi connectivity index (χ3n) is 2.93. The lowest BCUT2D eigenvalue weighted by Crippen LogP contribution is -2.14. The molecule has 0 fully saturated rings. The van der Waals surface area contributed by atoms with E-state index in [-0.39, 0.29) is 0 Å². The topological polar surface area (TPSA) is 55.0 Å². The zero-order valence-corrected chi connectivity index (χ0v) is 11.0. The van der Waals surface area contributed by atoms with E-state index in [9.17, 15) is 0 Å². The van der Waals surface area contributed by atoms with Crippen LogP contribution in [0, 0.1) is 13.8 Å². The summed E-state index contributed by atoms with van der Waals surface area (Å²) in [4.78, 5) is 10.6. The van der Waals surface area contributed by atoms with Crippen molar-refractivity contribution in [2.45, 2.75) is 20.4 Å². The Morgan fingerprint density at radius 3 is 2.67 bits per heavy atom. The van der Waals surface area contributed by atoms with Gasteiger partial charge in [-0.25, -0.2) is 9.97 Å². The Labute approximate surface area is 107 Å². The van der Waals surface area contributed by atoms with Gasteiger partial charge in [-0.3, -0.25) is 0 Å². The molecule has 1 heterocycles. The predicted octanol–water partition coefficient (Wildman–Crippen LogP) is 2.32. The highest BCUT2D eigenvalue weighted by atomic mass is 15.2. The number of aryl methyl sites for hydroxylation is 2. The molecule has 0 bridgehead atoms. The highest BCUT2D eigenvalue weighted by Gasteiger charge is 2.08. The number of hydrogen-bond acceptors (Lipinski definition) is 4. The average Bonchev–Trinajstić information content (AvgIpc) is 2.38. The van der Waals surface area contributed by atoms with Gasteiger partial charge in [0.1, 0.15) is 11.6 Å². The zero-order chi connectivity index (χ0) is 13.1. The molecule has 1 aromatic carbocycles. The van der Waals surface area contributed by atoms with Gasteiger partial charge in [0.05, 0.1) is 6.54 Å². The van der Waals surface area contributed by atoms with Gasteiger partial charge < -0.3 is 10.6 Å². The van der Waals surface area contributed by atoms with E-state index in [1.807, 2.05) is 13.1 Å². The fraction of sp³-hybridized carbons (Fsp3) is 0.286. The van der Waals surface area contributed by atoms with Crippen molar-refractivity contribution in [2.24, 2.45) is 5.73 Å². The van der Waals surface area contributed by atoms with Crippen molar-refractivity contribution in [1.29, 1.82) is 0 Å². The highest BCUT2D eigenvalue weighted by molar-refractivity contribution is 5.63. The number of benzene rings is 1. The molecule has 0 atom stereocenters. The van der Waals surface area contributed by atoms with E-state index in [1.54, 1.807) is 6.20 Å². The molecule has 2 rings (SSSR count). The van der Waals surface area contributed by atoms with E-state index in [0.29, 0.717) is 12.4 Å². The van der Waals surface area contributed by atoms with Crippen molar-refractivity contribution < 1.29 is 0 Å². The molecule has 0 amide bonds. The van der Waals surface area contributed by atoms with Gasteiger partial charge in [0, 0.05) is 18.9 Å². The summed E-state index contributed by atoms with van der Waals surface area (Å²) in [5, 5.41) is 0. The standard InChI is InChI=1S/C14H18N4/c1-10-4-5-12(11(2)8-10)18(3)14-6-7-16-13(9-15)17-14/h4-8H,9,15H2,1-3H3. The van der Waals surface area contributed by atoms with Crippen LogP contribution in [0.2, 0.25) is 0 Å². The lowest BCUT2D eigenvalue weighted by molar-refractivity contribution is 0.898. The molecule has 0 aliphatic heterocycles. The molecule has 0 saturated heterocycles. The summed E-state index contributed by atoms with van der Waals surface area (Å²) >= 11 is 0. The molecule has 4 heteroatoms. The van der Waals surface area contributed by atoms with Crippen molar-refractivity contribution >= 4 is 11.5 Å². The van der Waals surface area contributed by atoms with Gasteiger partial charge in [0.25, 0.3) is 0 Å². The van der Waals surface area contributed by atoms with E-state index in [1.165, 1.54) is 11.1 Å². The predicted molar refractivity (Wildman–Crippen MR) is 73.9 cm³/mol.